The third-order valence-corrected chi connectivity index (χ3v) is 5.62. The first-order valence-corrected chi connectivity index (χ1v) is 8.48. The van der Waals surface area contributed by atoms with Crippen molar-refractivity contribution in [3.8, 4) is 0 Å². The summed E-state index contributed by atoms with van der Waals surface area (Å²) < 4.78 is 25.1. The van der Waals surface area contributed by atoms with Gasteiger partial charge in [-0.05, 0) is 25.0 Å². The minimum Gasteiger partial charge on any atom is -0.295 e. The second-order valence-corrected chi connectivity index (χ2v) is 7.39. The van der Waals surface area contributed by atoms with E-state index in [-0.39, 0.29) is 11.5 Å². The summed E-state index contributed by atoms with van der Waals surface area (Å²) in [5.41, 5.74) is 1.80. The molecular weight excluding hydrogens is 284 g/mol. The first kappa shape index (κ1) is 15.4. The Hall–Kier alpha value is -1.94. The van der Waals surface area contributed by atoms with E-state index in [1.54, 1.807) is 43.3 Å². The zero-order valence-corrected chi connectivity index (χ0v) is 12.9. The molecule has 0 bridgehead atoms. The molecule has 0 amide bonds. The summed E-state index contributed by atoms with van der Waals surface area (Å²) in [4.78, 5) is 11.6. The number of Topliss-reactive ketones (excluding diaryl/α,β-unsaturated/α-hetero) is 1. The lowest BCUT2D eigenvalue weighted by Gasteiger charge is -2.14. The zero-order valence-electron chi connectivity index (χ0n) is 12.1. The summed E-state index contributed by atoms with van der Waals surface area (Å²) in [6.45, 7) is 3.13. The summed E-state index contributed by atoms with van der Waals surface area (Å²) in [5.74, 6) is -0.244. The predicted molar refractivity (Wildman–Crippen MR) is 83.9 cm³/mol. The fourth-order valence-corrected chi connectivity index (χ4v) is 3.77. The monoisotopic (exact) mass is 302 g/mol. The largest absolute Gasteiger partial charge is 0.295 e. The van der Waals surface area contributed by atoms with Gasteiger partial charge in [-0.15, -0.1) is 0 Å². The third kappa shape index (κ3) is 3.58. The van der Waals surface area contributed by atoms with Gasteiger partial charge in [-0.3, -0.25) is 4.79 Å². The molecule has 1 unspecified atom stereocenters. The summed E-state index contributed by atoms with van der Waals surface area (Å²) in [7, 11) is -3.37. The minimum absolute atomic E-state index is 0.117. The van der Waals surface area contributed by atoms with Crippen molar-refractivity contribution in [2.75, 3.05) is 0 Å². The normalized spacial score (nSPS) is 12.9. The molecule has 2 rings (SSSR count). The Labute approximate surface area is 125 Å². The molecule has 1 atom stereocenters. The van der Waals surface area contributed by atoms with Crippen molar-refractivity contribution in [1.82, 2.24) is 0 Å². The molecule has 3 nitrogen and oxygen atoms in total. The van der Waals surface area contributed by atoms with Gasteiger partial charge >= 0.3 is 0 Å². The van der Waals surface area contributed by atoms with Crippen LogP contribution >= 0.6 is 0 Å². The van der Waals surface area contributed by atoms with Crippen molar-refractivity contribution in [2.45, 2.75) is 24.9 Å². The fourth-order valence-electron chi connectivity index (χ4n) is 2.26. The Morgan fingerprint density at radius 1 is 1.00 bits per heavy atom. The average molecular weight is 302 g/mol. The third-order valence-electron chi connectivity index (χ3n) is 3.56. The number of hydrogen-bond donors (Lipinski definition) is 0. The standard InChI is InChI=1S/C17H18O3S/c1-13(18)17-11-7-6-10-16(17)12-21(19,20)14(2)15-8-4-3-5-9-15/h3-11,14H,12H2,1-2H3. The Kier molecular flexibility index (Phi) is 4.58. The highest BCUT2D eigenvalue weighted by Gasteiger charge is 2.24. The molecular formula is C17H18O3S. The van der Waals surface area contributed by atoms with Gasteiger partial charge in [-0.2, -0.15) is 0 Å². The van der Waals surface area contributed by atoms with Gasteiger partial charge in [0.1, 0.15) is 0 Å². The van der Waals surface area contributed by atoms with Crippen molar-refractivity contribution in [2.24, 2.45) is 0 Å². The van der Waals surface area contributed by atoms with E-state index in [1.807, 2.05) is 18.2 Å². The molecule has 0 aromatic heterocycles. The van der Waals surface area contributed by atoms with Crippen LogP contribution in [0.1, 0.15) is 40.6 Å². The van der Waals surface area contributed by atoms with Gasteiger partial charge in [0.2, 0.25) is 0 Å². The highest BCUT2D eigenvalue weighted by molar-refractivity contribution is 7.90. The van der Waals surface area contributed by atoms with Crippen LogP contribution in [0.15, 0.2) is 54.6 Å². The molecule has 4 heteroatoms. The number of ketones is 1. The smallest absolute Gasteiger partial charge is 0.161 e. The van der Waals surface area contributed by atoms with Crippen molar-refractivity contribution < 1.29 is 13.2 Å². The van der Waals surface area contributed by atoms with E-state index < -0.39 is 15.1 Å². The summed E-state index contributed by atoms with van der Waals surface area (Å²) in [5, 5.41) is -0.598. The molecule has 110 valence electrons. The van der Waals surface area contributed by atoms with Crippen LogP contribution in [0.2, 0.25) is 0 Å². The van der Waals surface area contributed by atoms with Gasteiger partial charge in [-0.1, -0.05) is 54.6 Å². The number of carbonyl (C=O) groups excluding carboxylic acids is 1. The van der Waals surface area contributed by atoms with Gasteiger partial charge < -0.3 is 0 Å². The van der Waals surface area contributed by atoms with Gasteiger partial charge in [-0.25, -0.2) is 8.42 Å². The van der Waals surface area contributed by atoms with E-state index >= 15 is 0 Å². The number of rotatable bonds is 5. The second-order valence-electron chi connectivity index (χ2n) is 5.07. The first-order valence-electron chi connectivity index (χ1n) is 6.77. The lowest BCUT2D eigenvalue weighted by atomic mass is 10.1. The van der Waals surface area contributed by atoms with Gasteiger partial charge in [0.15, 0.2) is 15.6 Å². The molecule has 0 radical (unpaired) electrons. The number of carbonyl (C=O) groups is 1. The van der Waals surface area contributed by atoms with Crippen LogP contribution in [0.25, 0.3) is 0 Å². The zero-order chi connectivity index (χ0) is 15.5. The Morgan fingerprint density at radius 2 is 1.57 bits per heavy atom. The van der Waals surface area contributed by atoms with E-state index in [2.05, 4.69) is 0 Å². The Morgan fingerprint density at radius 3 is 2.19 bits per heavy atom. The SMILES string of the molecule is CC(=O)c1ccccc1CS(=O)(=O)C(C)c1ccccc1. The van der Waals surface area contributed by atoms with E-state index in [1.165, 1.54) is 6.92 Å². The molecule has 0 aliphatic carbocycles. The molecule has 0 aliphatic heterocycles. The topological polar surface area (TPSA) is 51.2 Å². The van der Waals surface area contributed by atoms with Crippen molar-refractivity contribution in [3.05, 3.63) is 71.3 Å². The number of benzene rings is 2. The summed E-state index contributed by atoms with van der Waals surface area (Å²) in [6.07, 6.45) is 0. The molecule has 0 fully saturated rings. The maximum atomic E-state index is 12.6. The van der Waals surface area contributed by atoms with Crippen molar-refractivity contribution in [3.63, 3.8) is 0 Å². The highest BCUT2D eigenvalue weighted by atomic mass is 32.2. The van der Waals surface area contributed by atoms with Crippen LogP contribution in [-0.2, 0) is 15.6 Å². The number of hydrogen-bond acceptors (Lipinski definition) is 3. The maximum absolute atomic E-state index is 12.6. The van der Waals surface area contributed by atoms with Gasteiger partial charge in [0, 0.05) is 5.56 Å². The first-order chi connectivity index (χ1) is 9.92. The van der Waals surface area contributed by atoms with E-state index in [9.17, 15) is 13.2 Å². The Balaban J connectivity index is 2.32. The van der Waals surface area contributed by atoms with E-state index in [4.69, 9.17) is 0 Å². The van der Waals surface area contributed by atoms with E-state index in [0.29, 0.717) is 11.1 Å². The summed E-state index contributed by atoms with van der Waals surface area (Å²) >= 11 is 0. The predicted octanol–water partition coefficient (Wildman–Crippen LogP) is 3.57. The quantitative estimate of drug-likeness (QED) is 0.793. The van der Waals surface area contributed by atoms with E-state index in [0.717, 1.165) is 5.56 Å². The van der Waals surface area contributed by atoms with Crippen LogP contribution in [0.4, 0.5) is 0 Å². The Bertz CT molecular complexity index is 734. The van der Waals surface area contributed by atoms with Crippen molar-refractivity contribution in [1.29, 1.82) is 0 Å². The lowest BCUT2D eigenvalue weighted by Crippen LogP contribution is -2.14. The molecule has 0 aliphatic rings. The van der Waals surface area contributed by atoms with Crippen molar-refractivity contribution >= 4 is 15.6 Å². The molecule has 0 spiro atoms. The van der Waals surface area contributed by atoms with Gasteiger partial charge in [0.25, 0.3) is 0 Å². The molecule has 2 aromatic carbocycles. The molecule has 2 aromatic rings. The van der Waals surface area contributed by atoms with Crippen LogP contribution in [0, 0.1) is 0 Å². The average Bonchev–Trinajstić information content (AvgIpc) is 2.47. The summed E-state index contributed by atoms with van der Waals surface area (Å²) in [6, 6.07) is 16.0. The van der Waals surface area contributed by atoms with Crippen LogP contribution in [0.5, 0.6) is 0 Å². The number of sulfone groups is 1. The fraction of sp³-hybridized carbons (Fsp3) is 0.235. The van der Waals surface area contributed by atoms with Crippen LogP contribution in [0.3, 0.4) is 0 Å². The maximum Gasteiger partial charge on any atom is 0.161 e. The van der Waals surface area contributed by atoms with Gasteiger partial charge in [0.05, 0.1) is 11.0 Å². The molecule has 0 saturated carbocycles. The second kappa shape index (κ2) is 6.22. The molecule has 21 heavy (non-hydrogen) atoms. The lowest BCUT2D eigenvalue weighted by molar-refractivity contribution is 0.101. The van der Waals surface area contributed by atoms with Crippen LogP contribution in [-0.4, -0.2) is 14.2 Å². The highest BCUT2D eigenvalue weighted by Crippen LogP contribution is 2.26. The molecule has 0 saturated heterocycles. The molecule has 0 N–H and O–H groups in total. The minimum atomic E-state index is -3.37. The molecule has 0 heterocycles. The van der Waals surface area contributed by atoms with Crippen LogP contribution < -0.4 is 0 Å².